The molecule has 0 radical (unpaired) electrons. The number of benzene rings is 1. The summed E-state index contributed by atoms with van der Waals surface area (Å²) in [5.41, 5.74) is 7.12. The third kappa shape index (κ3) is 2.39. The van der Waals surface area contributed by atoms with E-state index in [0.29, 0.717) is 11.0 Å². The van der Waals surface area contributed by atoms with Crippen LogP contribution in [-0.4, -0.2) is 34.0 Å². The average molecular weight is 273 g/mol. The van der Waals surface area contributed by atoms with Crippen LogP contribution in [0.4, 0.5) is 11.5 Å². The van der Waals surface area contributed by atoms with E-state index in [1.54, 1.807) is 12.3 Å². The molecule has 2 aromatic rings. The standard InChI is InChI=1S/C13H15N5O2/c14-9-3-5-17(6-4-9)13-8-15-12-7-10(18(19)20)1-2-11(12)16-13/h1-2,7-9H,3-6,14H2. The molecule has 1 fully saturated rings. The van der Waals surface area contributed by atoms with Crippen molar-refractivity contribution in [3.63, 3.8) is 0 Å². The lowest BCUT2D eigenvalue weighted by Crippen LogP contribution is -2.40. The van der Waals surface area contributed by atoms with E-state index in [-0.39, 0.29) is 11.7 Å². The Kier molecular flexibility index (Phi) is 3.19. The van der Waals surface area contributed by atoms with Gasteiger partial charge in [-0.3, -0.25) is 15.1 Å². The zero-order valence-corrected chi connectivity index (χ0v) is 10.9. The number of rotatable bonds is 2. The molecule has 0 saturated carbocycles. The summed E-state index contributed by atoms with van der Waals surface area (Å²) in [6, 6.07) is 4.80. The van der Waals surface area contributed by atoms with Crippen LogP contribution in [0.25, 0.3) is 11.0 Å². The summed E-state index contributed by atoms with van der Waals surface area (Å²) in [7, 11) is 0. The van der Waals surface area contributed by atoms with Gasteiger partial charge in [0, 0.05) is 31.3 Å². The van der Waals surface area contributed by atoms with Crippen LogP contribution < -0.4 is 10.6 Å². The molecule has 104 valence electrons. The van der Waals surface area contributed by atoms with Gasteiger partial charge in [-0.15, -0.1) is 0 Å². The number of non-ortho nitro benzene ring substituents is 1. The fourth-order valence-electron chi connectivity index (χ4n) is 2.38. The zero-order chi connectivity index (χ0) is 14.1. The molecule has 0 aliphatic carbocycles. The van der Waals surface area contributed by atoms with E-state index >= 15 is 0 Å². The summed E-state index contributed by atoms with van der Waals surface area (Å²) >= 11 is 0. The number of piperidine rings is 1. The number of nitrogens with two attached hydrogens (primary N) is 1. The van der Waals surface area contributed by atoms with Crippen LogP contribution in [0.3, 0.4) is 0 Å². The van der Waals surface area contributed by atoms with Crippen LogP contribution in [-0.2, 0) is 0 Å². The molecule has 7 nitrogen and oxygen atoms in total. The predicted octanol–water partition coefficient (Wildman–Crippen LogP) is 1.47. The number of hydrogen-bond donors (Lipinski definition) is 1. The molecule has 1 aliphatic rings. The maximum absolute atomic E-state index is 10.7. The largest absolute Gasteiger partial charge is 0.355 e. The summed E-state index contributed by atoms with van der Waals surface area (Å²) in [6.45, 7) is 1.74. The molecule has 3 rings (SSSR count). The number of fused-ring (bicyclic) bond motifs is 1. The minimum absolute atomic E-state index is 0.0310. The molecular formula is C13H15N5O2. The van der Waals surface area contributed by atoms with Gasteiger partial charge in [0.05, 0.1) is 22.2 Å². The van der Waals surface area contributed by atoms with Gasteiger partial charge in [-0.1, -0.05) is 0 Å². The van der Waals surface area contributed by atoms with Crippen LogP contribution in [0, 0.1) is 10.1 Å². The summed E-state index contributed by atoms with van der Waals surface area (Å²) in [6.07, 6.45) is 3.56. The molecule has 1 aliphatic heterocycles. The molecule has 0 atom stereocenters. The Morgan fingerprint density at radius 2 is 2.05 bits per heavy atom. The van der Waals surface area contributed by atoms with Crippen molar-refractivity contribution >= 4 is 22.5 Å². The molecule has 1 aromatic carbocycles. The summed E-state index contributed by atoms with van der Waals surface area (Å²) in [5, 5.41) is 10.7. The van der Waals surface area contributed by atoms with Gasteiger partial charge in [-0.05, 0) is 18.9 Å². The number of anilines is 1. The van der Waals surface area contributed by atoms with E-state index in [9.17, 15) is 10.1 Å². The Balaban J connectivity index is 1.91. The van der Waals surface area contributed by atoms with Crippen molar-refractivity contribution in [3.05, 3.63) is 34.5 Å². The van der Waals surface area contributed by atoms with Gasteiger partial charge in [0.1, 0.15) is 5.82 Å². The minimum Gasteiger partial charge on any atom is -0.355 e. The number of hydrogen-bond acceptors (Lipinski definition) is 6. The fraction of sp³-hybridized carbons (Fsp3) is 0.385. The summed E-state index contributed by atoms with van der Waals surface area (Å²) in [5.74, 6) is 0.804. The maximum Gasteiger partial charge on any atom is 0.271 e. The third-order valence-electron chi connectivity index (χ3n) is 3.59. The van der Waals surface area contributed by atoms with Gasteiger partial charge < -0.3 is 10.6 Å². The summed E-state index contributed by atoms with van der Waals surface area (Å²) < 4.78 is 0. The predicted molar refractivity (Wildman–Crippen MR) is 75.6 cm³/mol. The monoisotopic (exact) mass is 273 g/mol. The molecule has 0 bridgehead atoms. The van der Waals surface area contributed by atoms with Gasteiger partial charge in [-0.2, -0.15) is 0 Å². The van der Waals surface area contributed by atoms with Crippen LogP contribution in [0.2, 0.25) is 0 Å². The Hall–Kier alpha value is -2.28. The van der Waals surface area contributed by atoms with Crippen molar-refractivity contribution in [2.24, 2.45) is 5.73 Å². The third-order valence-corrected chi connectivity index (χ3v) is 3.59. The van der Waals surface area contributed by atoms with Crippen molar-refractivity contribution in [2.45, 2.75) is 18.9 Å². The molecular weight excluding hydrogens is 258 g/mol. The Bertz CT molecular complexity index is 652. The van der Waals surface area contributed by atoms with E-state index < -0.39 is 4.92 Å². The molecule has 0 spiro atoms. The molecule has 7 heteroatoms. The molecule has 1 saturated heterocycles. The van der Waals surface area contributed by atoms with Gasteiger partial charge in [0.25, 0.3) is 5.69 Å². The molecule has 20 heavy (non-hydrogen) atoms. The first-order valence-corrected chi connectivity index (χ1v) is 6.55. The van der Waals surface area contributed by atoms with Crippen molar-refractivity contribution in [1.29, 1.82) is 0 Å². The lowest BCUT2D eigenvalue weighted by atomic mass is 10.1. The van der Waals surface area contributed by atoms with Gasteiger partial charge >= 0.3 is 0 Å². The van der Waals surface area contributed by atoms with E-state index in [1.807, 2.05) is 0 Å². The highest BCUT2D eigenvalue weighted by molar-refractivity contribution is 5.78. The quantitative estimate of drug-likeness (QED) is 0.657. The van der Waals surface area contributed by atoms with Gasteiger partial charge in [0.2, 0.25) is 0 Å². The highest BCUT2D eigenvalue weighted by atomic mass is 16.6. The van der Waals surface area contributed by atoms with Crippen molar-refractivity contribution < 1.29 is 4.92 Å². The topological polar surface area (TPSA) is 98.2 Å². The second-order valence-electron chi connectivity index (χ2n) is 4.98. The highest BCUT2D eigenvalue weighted by Gasteiger charge is 2.18. The van der Waals surface area contributed by atoms with Gasteiger partial charge in [-0.25, -0.2) is 4.98 Å². The van der Waals surface area contributed by atoms with Crippen molar-refractivity contribution in [3.8, 4) is 0 Å². The van der Waals surface area contributed by atoms with E-state index in [2.05, 4.69) is 14.9 Å². The average Bonchev–Trinajstić information content (AvgIpc) is 2.47. The first kappa shape index (κ1) is 12.7. The van der Waals surface area contributed by atoms with Crippen molar-refractivity contribution in [2.75, 3.05) is 18.0 Å². The number of nitro benzene ring substituents is 1. The maximum atomic E-state index is 10.7. The summed E-state index contributed by atoms with van der Waals surface area (Å²) in [4.78, 5) is 21.3. The first-order chi connectivity index (χ1) is 9.63. The Morgan fingerprint density at radius 1 is 1.30 bits per heavy atom. The molecule has 2 N–H and O–H groups in total. The lowest BCUT2D eigenvalue weighted by molar-refractivity contribution is -0.384. The highest BCUT2D eigenvalue weighted by Crippen LogP contribution is 2.22. The van der Waals surface area contributed by atoms with E-state index in [1.165, 1.54) is 12.1 Å². The minimum atomic E-state index is -0.430. The van der Waals surface area contributed by atoms with E-state index in [0.717, 1.165) is 31.7 Å². The SMILES string of the molecule is NC1CCN(c2cnc3cc([N+](=O)[O-])ccc3n2)CC1. The van der Waals surface area contributed by atoms with Gasteiger partial charge in [0.15, 0.2) is 0 Å². The first-order valence-electron chi connectivity index (χ1n) is 6.55. The Labute approximate surface area is 115 Å². The molecule has 0 unspecified atom stereocenters. The van der Waals surface area contributed by atoms with Crippen LogP contribution in [0.5, 0.6) is 0 Å². The second-order valence-corrected chi connectivity index (χ2v) is 4.98. The number of aromatic nitrogens is 2. The fourth-order valence-corrected chi connectivity index (χ4v) is 2.38. The molecule has 2 heterocycles. The zero-order valence-electron chi connectivity index (χ0n) is 10.9. The Morgan fingerprint density at radius 3 is 2.75 bits per heavy atom. The normalized spacial score (nSPS) is 16.6. The smallest absolute Gasteiger partial charge is 0.271 e. The van der Waals surface area contributed by atoms with Crippen LogP contribution >= 0.6 is 0 Å². The molecule has 0 amide bonds. The number of nitrogens with zero attached hydrogens (tertiary/aromatic N) is 4. The van der Waals surface area contributed by atoms with E-state index in [4.69, 9.17) is 5.73 Å². The van der Waals surface area contributed by atoms with Crippen LogP contribution in [0.15, 0.2) is 24.4 Å². The lowest BCUT2D eigenvalue weighted by Gasteiger charge is -2.30. The van der Waals surface area contributed by atoms with Crippen LogP contribution in [0.1, 0.15) is 12.8 Å². The second kappa shape index (κ2) is 5.01. The van der Waals surface area contributed by atoms with Crippen molar-refractivity contribution in [1.82, 2.24) is 9.97 Å². The number of nitro groups is 1. The molecule has 1 aromatic heterocycles.